The number of rotatable bonds is 2. The van der Waals surface area contributed by atoms with Crippen LogP contribution in [0.2, 0.25) is 0 Å². The Morgan fingerprint density at radius 1 is 1.19 bits per heavy atom. The summed E-state index contributed by atoms with van der Waals surface area (Å²) >= 11 is 0. The van der Waals surface area contributed by atoms with Gasteiger partial charge in [0.05, 0.1) is 0 Å². The lowest BCUT2D eigenvalue weighted by Gasteiger charge is -2.19. The average molecular weight is 217 g/mol. The first-order valence-corrected chi connectivity index (χ1v) is 5.44. The van der Waals surface area contributed by atoms with Gasteiger partial charge in [-0.2, -0.15) is 0 Å². The molecule has 16 heavy (non-hydrogen) atoms. The first kappa shape index (κ1) is 12.5. The SMILES string of the molecule is C/C(=C\C(=O)NC(C)(C)C)c1ccccc1. The molecular formula is C14H19NO. The van der Waals surface area contributed by atoms with Gasteiger partial charge in [-0.1, -0.05) is 30.3 Å². The molecule has 0 radical (unpaired) electrons. The predicted octanol–water partition coefficient (Wildman–Crippen LogP) is 3.00. The molecule has 1 aromatic rings. The number of nitrogens with one attached hydrogen (secondary N) is 1. The molecule has 2 heteroatoms. The molecule has 0 heterocycles. The average Bonchev–Trinajstić information content (AvgIpc) is 2.16. The third kappa shape index (κ3) is 4.30. The lowest BCUT2D eigenvalue weighted by atomic mass is 10.1. The second-order valence-electron chi connectivity index (χ2n) is 4.93. The van der Waals surface area contributed by atoms with Crippen LogP contribution < -0.4 is 5.32 Å². The lowest BCUT2D eigenvalue weighted by molar-refractivity contribution is -0.117. The Balaban J connectivity index is 2.75. The summed E-state index contributed by atoms with van der Waals surface area (Å²) in [5.41, 5.74) is 1.86. The van der Waals surface area contributed by atoms with Gasteiger partial charge in [0.1, 0.15) is 0 Å². The van der Waals surface area contributed by atoms with Gasteiger partial charge in [0.15, 0.2) is 0 Å². The Labute approximate surface area is 97.4 Å². The number of carbonyl (C=O) groups excluding carboxylic acids is 1. The second-order valence-corrected chi connectivity index (χ2v) is 4.93. The van der Waals surface area contributed by atoms with Crippen LogP contribution in [0.25, 0.3) is 5.57 Å². The molecular weight excluding hydrogens is 198 g/mol. The van der Waals surface area contributed by atoms with E-state index in [1.54, 1.807) is 6.08 Å². The molecule has 0 aliphatic carbocycles. The molecule has 0 saturated heterocycles. The number of hydrogen-bond acceptors (Lipinski definition) is 1. The van der Waals surface area contributed by atoms with E-state index in [0.717, 1.165) is 11.1 Å². The largest absolute Gasteiger partial charge is 0.348 e. The van der Waals surface area contributed by atoms with E-state index in [1.165, 1.54) is 0 Å². The molecule has 0 saturated carbocycles. The fourth-order valence-corrected chi connectivity index (χ4v) is 1.39. The first-order chi connectivity index (χ1) is 7.38. The van der Waals surface area contributed by atoms with Gasteiger partial charge >= 0.3 is 0 Å². The van der Waals surface area contributed by atoms with Gasteiger partial charge in [-0.25, -0.2) is 0 Å². The van der Waals surface area contributed by atoms with Crippen molar-refractivity contribution in [3.8, 4) is 0 Å². The van der Waals surface area contributed by atoms with Crippen molar-refractivity contribution in [2.75, 3.05) is 0 Å². The van der Waals surface area contributed by atoms with Crippen molar-refractivity contribution < 1.29 is 4.79 Å². The molecule has 0 fully saturated rings. The predicted molar refractivity (Wildman–Crippen MR) is 68.0 cm³/mol. The molecule has 86 valence electrons. The number of amides is 1. The second kappa shape index (κ2) is 4.97. The van der Waals surface area contributed by atoms with Gasteiger partial charge in [0, 0.05) is 11.6 Å². The van der Waals surface area contributed by atoms with Crippen LogP contribution in [0.15, 0.2) is 36.4 Å². The monoisotopic (exact) mass is 217 g/mol. The van der Waals surface area contributed by atoms with Gasteiger partial charge in [0.2, 0.25) is 5.91 Å². The quantitative estimate of drug-likeness (QED) is 0.758. The van der Waals surface area contributed by atoms with Crippen LogP contribution in [0.1, 0.15) is 33.3 Å². The molecule has 0 unspecified atom stereocenters. The van der Waals surface area contributed by atoms with E-state index in [2.05, 4.69) is 5.32 Å². The molecule has 0 aromatic heterocycles. The van der Waals surface area contributed by atoms with E-state index < -0.39 is 0 Å². The van der Waals surface area contributed by atoms with Crippen molar-refractivity contribution in [1.29, 1.82) is 0 Å². The lowest BCUT2D eigenvalue weighted by Crippen LogP contribution is -2.39. The summed E-state index contributed by atoms with van der Waals surface area (Å²) in [6, 6.07) is 9.89. The summed E-state index contributed by atoms with van der Waals surface area (Å²) in [7, 11) is 0. The van der Waals surface area contributed by atoms with E-state index in [0.29, 0.717) is 0 Å². The van der Waals surface area contributed by atoms with Crippen molar-refractivity contribution >= 4 is 11.5 Å². The van der Waals surface area contributed by atoms with Crippen LogP contribution in [0, 0.1) is 0 Å². The highest BCUT2D eigenvalue weighted by Crippen LogP contribution is 2.12. The highest BCUT2D eigenvalue weighted by molar-refractivity contribution is 5.95. The minimum absolute atomic E-state index is 0.0474. The zero-order valence-corrected chi connectivity index (χ0v) is 10.4. The Morgan fingerprint density at radius 3 is 2.25 bits per heavy atom. The molecule has 1 amide bonds. The number of benzene rings is 1. The molecule has 1 aromatic carbocycles. The van der Waals surface area contributed by atoms with Crippen molar-refractivity contribution in [3.05, 3.63) is 42.0 Å². The van der Waals surface area contributed by atoms with E-state index in [-0.39, 0.29) is 11.4 Å². The van der Waals surface area contributed by atoms with Crippen LogP contribution in [0.5, 0.6) is 0 Å². The van der Waals surface area contributed by atoms with Gasteiger partial charge < -0.3 is 5.32 Å². The molecule has 1 rings (SSSR count). The van der Waals surface area contributed by atoms with E-state index in [9.17, 15) is 4.79 Å². The molecule has 2 nitrogen and oxygen atoms in total. The Bertz CT molecular complexity index is 385. The van der Waals surface area contributed by atoms with Crippen molar-refractivity contribution in [2.45, 2.75) is 33.2 Å². The highest BCUT2D eigenvalue weighted by atomic mass is 16.1. The van der Waals surface area contributed by atoms with E-state index >= 15 is 0 Å². The van der Waals surface area contributed by atoms with Crippen molar-refractivity contribution in [3.63, 3.8) is 0 Å². The van der Waals surface area contributed by atoms with Crippen LogP contribution in [0.4, 0.5) is 0 Å². The van der Waals surface area contributed by atoms with Gasteiger partial charge in [0.25, 0.3) is 0 Å². The molecule has 1 N–H and O–H groups in total. The van der Waals surface area contributed by atoms with E-state index in [4.69, 9.17) is 0 Å². The number of allylic oxidation sites excluding steroid dienone is 1. The summed E-state index contributed by atoms with van der Waals surface area (Å²) < 4.78 is 0. The third-order valence-electron chi connectivity index (χ3n) is 2.07. The summed E-state index contributed by atoms with van der Waals surface area (Å²) in [4.78, 5) is 11.7. The minimum atomic E-state index is -0.190. The number of hydrogen-bond donors (Lipinski definition) is 1. The molecule has 0 bridgehead atoms. The van der Waals surface area contributed by atoms with Crippen LogP contribution >= 0.6 is 0 Å². The Morgan fingerprint density at radius 2 is 1.75 bits per heavy atom. The zero-order chi connectivity index (χ0) is 12.2. The number of carbonyl (C=O) groups is 1. The standard InChI is InChI=1S/C14H19NO/c1-11(12-8-6-5-7-9-12)10-13(16)15-14(2,3)4/h5-10H,1-4H3,(H,15,16)/b11-10+. The maximum Gasteiger partial charge on any atom is 0.244 e. The van der Waals surface area contributed by atoms with Crippen molar-refractivity contribution in [2.24, 2.45) is 0 Å². The maximum absolute atomic E-state index is 11.7. The zero-order valence-electron chi connectivity index (χ0n) is 10.4. The fraction of sp³-hybridized carbons (Fsp3) is 0.357. The molecule has 0 aliphatic heterocycles. The van der Waals surface area contributed by atoms with Gasteiger partial charge in [-0.05, 0) is 38.8 Å². The van der Waals surface area contributed by atoms with Crippen LogP contribution in [-0.2, 0) is 4.79 Å². The summed E-state index contributed by atoms with van der Waals surface area (Å²) in [6.45, 7) is 7.85. The summed E-state index contributed by atoms with van der Waals surface area (Å²) in [5.74, 6) is -0.0474. The highest BCUT2D eigenvalue weighted by Gasteiger charge is 2.11. The van der Waals surface area contributed by atoms with Crippen LogP contribution in [-0.4, -0.2) is 11.4 Å². The maximum atomic E-state index is 11.7. The third-order valence-corrected chi connectivity index (χ3v) is 2.07. The van der Waals surface area contributed by atoms with Crippen molar-refractivity contribution in [1.82, 2.24) is 5.32 Å². The topological polar surface area (TPSA) is 29.1 Å². The smallest absolute Gasteiger partial charge is 0.244 e. The molecule has 0 aliphatic rings. The molecule has 0 spiro atoms. The van der Waals surface area contributed by atoms with Crippen LogP contribution in [0.3, 0.4) is 0 Å². The van der Waals surface area contributed by atoms with Gasteiger partial charge in [-0.3, -0.25) is 4.79 Å². The Hall–Kier alpha value is -1.57. The fourth-order valence-electron chi connectivity index (χ4n) is 1.39. The normalized spacial score (nSPS) is 12.4. The van der Waals surface area contributed by atoms with Gasteiger partial charge in [-0.15, -0.1) is 0 Å². The van der Waals surface area contributed by atoms with E-state index in [1.807, 2.05) is 58.0 Å². The minimum Gasteiger partial charge on any atom is -0.348 e. The molecule has 0 atom stereocenters. The summed E-state index contributed by atoms with van der Waals surface area (Å²) in [6.07, 6.45) is 1.64. The Kier molecular flexibility index (Phi) is 3.88. The first-order valence-electron chi connectivity index (χ1n) is 5.44. The summed E-state index contributed by atoms with van der Waals surface area (Å²) in [5, 5.41) is 2.90.